The first kappa shape index (κ1) is 27.8. The molecule has 1 heterocycles. The van der Waals surface area contributed by atoms with Gasteiger partial charge in [-0.1, -0.05) is 40.9 Å². The Morgan fingerprint density at radius 3 is 2.61 bits per heavy atom. The highest BCUT2D eigenvalue weighted by Gasteiger charge is 2.23. The quantitative estimate of drug-likeness (QED) is 0.213. The van der Waals surface area contributed by atoms with Crippen molar-refractivity contribution in [2.45, 2.75) is 39.2 Å². The molecule has 0 atom stereocenters. The SMILES string of the molecule is CCOc1cc(/C=C(\C#N)C(=O)Nc2sc3c(c2C#N)CCCC3)cc(Cl)c1OCc1ccc(Cl)cc1Cl. The summed E-state index contributed by atoms with van der Waals surface area (Å²) in [6.45, 7) is 2.29. The van der Waals surface area contributed by atoms with Crippen LogP contribution in [0.4, 0.5) is 5.00 Å². The Morgan fingerprint density at radius 1 is 1.11 bits per heavy atom. The fourth-order valence-electron chi connectivity index (χ4n) is 4.12. The molecule has 6 nitrogen and oxygen atoms in total. The number of halogens is 3. The minimum absolute atomic E-state index is 0.128. The molecule has 1 N–H and O–H groups in total. The number of carbonyl (C=O) groups is 1. The summed E-state index contributed by atoms with van der Waals surface area (Å²) in [4.78, 5) is 14.1. The lowest BCUT2D eigenvalue weighted by molar-refractivity contribution is -0.112. The Bertz CT molecular complexity index is 1500. The molecule has 1 aliphatic rings. The lowest BCUT2D eigenvalue weighted by atomic mass is 9.96. The maximum Gasteiger partial charge on any atom is 0.266 e. The van der Waals surface area contributed by atoms with Gasteiger partial charge in [-0.3, -0.25) is 4.79 Å². The van der Waals surface area contributed by atoms with Gasteiger partial charge in [-0.2, -0.15) is 10.5 Å². The van der Waals surface area contributed by atoms with E-state index in [9.17, 15) is 15.3 Å². The van der Waals surface area contributed by atoms with Crippen LogP contribution < -0.4 is 14.8 Å². The monoisotopic (exact) mass is 585 g/mol. The second kappa shape index (κ2) is 12.6. The minimum Gasteiger partial charge on any atom is -0.490 e. The molecule has 0 saturated heterocycles. The predicted molar refractivity (Wildman–Crippen MR) is 151 cm³/mol. The number of amides is 1. The van der Waals surface area contributed by atoms with Crippen LogP contribution in [0.15, 0.2) is 35.9 Å². The zero-order valence-corrected chi connectivity index (χ0v) is 23.5. The number of hydrogen-bond acceptors (Lipinski definition) is 6. The fourth-order valence-corrected chi connectivity index (χ4v) is 6.09. The first-order valence-electron chi connectivity index (χ1n) is 11.8. The first-order valence-corrected chi connectivity index (χ1v) is 13.8. The van der Waals surface area contributed by atoms with E-state index < -0.39 is 5.91 Å². The number of anilines is 1. The van der Waals surface area contributed by atoms with Crippen LogP contribution in [-0.4, -0.2) is 12.5 Å². The van der Waals surface area contributed by atoms with Crippen molar-refractivity contribution < 1.29 is 14.3 Å². The van der Waals surface area contributed by atoms with Crippen molar-refractivity contribution in [2.75, 3.05) is 11.9 Å². The number of nitrogens with one attached hydrogen (secondary N) is 1. The largest absolute Gasteiger partial charge is 0.490 e. The van der Waals surface area contributed by atoms with Crippen LogP contribution in [-0.2, 0) is 24.2 Å². The number of hydrogen-bond donors (Lipinski definition) is 1. The molecule has 1 aromatic heterocycles. The molecule has 1 amide bonds. The zero-order valence-electron chi connectivity index (χ0n) is 20.4. The van der Waals surface area contributed by atoms with Crippen molar-refractivity contribution in [2.24, 2.45) is 0 Å². The van der Waals surface area contributed by atoms with Crippen molar-refractivity contribution in [1.82, 2.24) is 0 Å². The van der Waals surface area contributed by atoms with E-state index in [-0.39, 0.29) is 17.2 Å². The van der Waals surface area contributed by atoms with E-state index >= 15 is 0 Å². The third-order valence-electron chi connectivity index (χ3n) is 5.91. The summed E-state index contributed by atoms with van der Waals surface area (Å²) in [6.07, 6.45) is 5.21. The smallest absolute Gasteiger partial charge is 0.266 e. The van der Waals surface area contributed by atoms with Gasteiger partial charge in [0.15, 0.2) is 11.5 Å². The van der Waals surface area contributed by atoms with Crippen LogP contribution in [0, 0.1) is 22.7 Å². The second-order valence-corrected chi connectivity index (χ2v) is 10.8. The highest BCUT2D eigenvalue weighted by Crippen LogP contribution is 2.39. The molecule has 3 aromatic rings. The average Bonchev–Trinajstić information content (AvgIpc) is 3.24. The van der Waals surface area contributed by atoms with Crippen LogP contribution in [0.25, 0.3) is 6.08 Å². The standard InChI is InChI=1S/C28H22Cl3N3O3S/c1-2-36-24-11-16(10-23(31)26(24)37-15-17-7-8-19(29)12-22(17)30)9-18(13-32)27(35)34-28-21(14-33)20-5-3-4-6-25(20)38-28/h7-12H,2-6,15H2,1H3,(H,34,35)/b18-9+. The molecule has 0 saturated carbocycles. The number of ether oxygens (including phenoxy) is 2. The lowest BCUT2D eigenvalue weighted by Gasteiger charge is -2.15. The van der Waals surface area contributed by atoms with Gasteiger partial charge in [0.25, 0.3) is 5.91 Å². The van der Waals surface area contributed by atoms with E-state index in [0.29, 0.717) is 49.8 Å². The molecule has 0 unspecified atom stereocenters. The molecule has 0 fully saturated rings. The van der Waals surface area contributed by atoms with E-state index in [2.05, 4.69) is 11.4 Å². The molecule has 1 aliphatic carbocycles. The molecule has 2 aromatic carbocycles. The first-order chi connectivity index (χ1) is 18.3. The summed E-state index contributed by atoms with van der Waals surface area (Å²) in [7, 11) is 0. The van der Waals surface area contributed by atoms with Crippen molar-refractivity contribution in [3.8, 4) is 23.6 Å². The van der Waals surface area contributed by atoms with Crippen molar-refractivity contribution >= 4 is 63.1 Å². The van der Waals surface area contributed by atoms with E-state index in [1.54, 1.807) is 30.3 Å². The third kappa shape index (κ3) is 6.26. The Morgan fingerprint density at radius 2 is 1.89 bits per heavy atom. The van der Waals surface area contributed by atoms with Crippen molar-refractivity contribution in [3.63, 3.8) is 0 Å². The lowest BCUT2D eigenvalue weighted by Crippen LogP contribution is -2.13. The topological polar surface area (TPSA) is 95.1 Å². The van der Waals surface area contributed by atoms with E-state index in [1.807, 2.05) is 13.0 Å². The number of carbonyl (C=O) groups excluding carboxylic acids is 1. The Hall–Kier alpha value is -3.20. The molecule has 0 radical (unpaired) electrons. The number of nitriles is 2. The number of benzene rings is 2. The molecule has 10 heteroatoms. The van der Waals surface area contributed by atoms with E-state index in [1.165, 1.54) is 17.4 Å². The summed E-state index contributed by atoms with van der Waals surface area (Å²) >= 11 is 20.1. The van der Waals surface area contributed by atoms with Gasteiger partial charge >= 0.3 is 0 Å². The average molecular weight is 587 g/mol. The normalized spacial score (nSPS) is 12.7. The Kier molecular flexibility index (Phi) is 9.20. The Labute approximate surface area is 240 Å². The number of rotatable bonds is 8. The van der Waals surface area contributed by atoms with Gasteiger partial charge < -0.3 is 14.8 Å². The molecule has 0 spiro atoms. The van der Waals surface area contributed by atoms with Gasteiger partial charge in [0, 0.05) is 20.5 Å². The van der Waals surface area contributed by atoms with Crippen LogP contribution in [0.2, 0.25) is 15.1 Å². The highest BCUT2D eigenvalue weighted by molar-refractivity contribution is 7.16. The van der Waals surface area contributed by atoms with Gasteiger partial charge in [0.2, 0.25) is 0 Å². The zero-order chi connectivity index (χ0) is 27.2. The predicted octanol–water partition coefficient (Wildman–Crippen LogP) is 7.98. The van der Waals surface area contributed by atoms with Crippen molar-refractivity contribution in [1.29, 1.82) is 10.5 Å². The van der Waals surface area contributed by atoms with Crippen molar-refractivity contribution in [3.05, 3.63) is 78.1 Å². The minimum atomic E-state index is -0.602. The summed E-state index contributed by atoms with van der Waals surface area (Å²) in [5.41, 5.74) is 2.55. The van der Waals surface area contributed by atoms with Crippen LogP contribution >= 0.6 is 46.1 Å². The van der Waals surface area contributed by atoms with Crippen LogP contribution in [0.5, 0.6) is 11.5 Å². The number of thiophene rings is 1. The molecular formula is C28H22Cl3N3O3S. The number of fused-ring (bicyclic) bond motifs is 1. The molecule has 0 bridgehead atoms. The van der Waals surface area contributed by atoms with Crippen LogP contribution in [0.3, 0.4) is 0 Å². The second-order valence-electron chi connectivity index (χ2n) is 8.44. The summed E-state index contributed by atoms with van der Waals surface area (Å²) in [6, 6.07) is 12.5. The maximum atomic E-state index is 13.0. The third-order valence-corrected chi connectivity index (χ3v) is 7.98. The molecule has 4 rings (SSSR count). The molecule has 38 heavy (non-hydrogen) atoms. The molecular weight excluding hydrogens is 565 g/mol. The summed E-state index contributed by atoms with van der Waals surface area (Å²) in [5.74, 6) is 0.0589. The van der Waals surface area contributed by atoms with Gasteiger partial charge in [-0.15, -0.1) is 11.3 Å². The van der Waals surface area contributed by atoms with Gasteiger partial charge in [0.05, 0.1) is 17.2 Å². The van der Waals surface area contributed by atoms with Gasteiger partial charge in [-0.05, 0) is 74.1 Å². The number of nitrogens with zero attached hydrogens (tertiary/aromatic N) is 2. The summed E-state index contributed by atoms with van der Waals surface area (Å²) < 4.78 is 11.7. The number of aryl methyl sites for hydroxylation is 1. The van der Waals surface area contributed by atoms with Gasteiger partial charge in [-0.25, -0.2) is 0 Å². The summed E-state index contributed by atoms with van der Waals surface area (Å²) in [5, 5.41) is 23.8. The van der Waals surface area contributed by atoms with E-state index in [4.69, 9.17) is 44.3 Å². The highest BCUT2D eigenvalue weighted by atomic mass is 35.5. The van der Waals surface area contributed by atoms with Gasteiger partial charge in [0.1, 0.15) is 29.3 Å². The van der Waals surface area contributed by atoms with E-state index in [0.717, 1.165) is 36.1 Å². The Balaban J connectivity index is 1.58. The van der Waals surface area contributed by atoms with Crippen LogP contribution in [0.1, 0.15) is 46.9 Å². The fraction of sp³-hybridized carbons (Fsp3) is 0.250. The molecule has 0 aliphatic heterocycles. The maximum absolute atomic E-state index is 13.0. The molecule has 194 valence electrons.